The molecule has 8 nitrogen and oxygen atoms in total. The molecule has 4 aliphatic rings. The number of carbonyl (C=O) groups is 2. The molecule has 6 aromatic carbocycles. The van der Waals surface area contributed by atoms with Gasteiger partial charge in [0.15, 0.2) is 0 Å². The number of fused-ring (bicyclic) bond motifs is 3. The van der Waals surface area contributed by atoms with E-state index in [4.69, 9.17) is 17.0 Å². The highest BCUT2D eigenvalue weighted by Crippen LogP contribution is 2.53. The second-order valence-corrected chi connectivity index (χ2v) is 21.8. The lowest BCUT2D eigenvalue weighted by molar-refractivity contribution is -0.143. The molecule has 0 radical (unpaired) electrons. The Labute approximate surface area is 431 Å². The number of thiazole rings is 1. The molecule has 2 atom stereocenters. The van der Waals surface area contributed by atoms with Crippen LogP contribution in [0.3, 0.4) is 0 Å². The molecule has 12 heteroatoms. The summed E-state index contributed by atoms with van der Waals surface area (Å²) < 4.78 is 8.63. The molecule has 354 valence electrons. The zero-order valence-electron chi connectivity index (χ0n) is 39.1. The van der Waals surface area contributed by atoms with E-state index in [2.05, 4.69) is 120 Å². The summed E-state index contributed by atoms with van der Waals surface area (Å²) >= 11 is 9.83. The van der Waals surface area contributed by atoms with Gasteiger partial charge >= 0.3 is 5.97 Å². The van der Waals surface area contributed by atoms with Crippen LogP contribution >= 0.6 is 47.1 Å². The van der Waals surface area contributed by atoms with Crippen LogP contribution in [0.15, 0.2) is 173 Å². The van der Waals surface area contributed by atoms with Gasteiger partial charge in [0, 0.05) is 28.2 Å². The maximum absolute atomic E-state index is 14.9. The van der Waals surface area contributed by atoms with Crippen molar-refractivity contribution in [2.45, 2.75) is 51.2 Å². The summed E-state index contributed by atoms with van der Waals surface area (Å²) in [6.07, 6.45) is 7.92. The predicted octanol–water partition coefficient (Wildman–Crippen LogP) is 11.2. The number of nitrogens with zero attached hydrogens (tertiary/aromatic N) is 4. The number of amides is 1. The lowest BCUT2D eigenvalue weighted by atomic mass is 9.95. The fourth-order valence-electron chi connectivity index (χ4n) is 10.2. The molecule has 3 fully saturated rings. The van der Waals surface area contributed by atoms with Crippen LogP contribution < -0.4 is 19.7 Å². The Morgan fingerprint density at radius 3 is 2.04 bits per heavy atom. The van der Waals surface area contributed by atoms with Gasteiger partial charge in [-0.2, -0.15) is 0 Å². The van der Waals surface area contributed by atoms with Crippen LogP contribution in [0.4, 0.5) is 11.4 Å². The average Bonchev–Trinajstić information content (AvgIpc) is 4.22. The molecule has 1 saturated carbocycles. The van der Waals surface area contributed by atoms with E-state index in [0.717, 1.165) is 40.0 Å². The zero-order valence-corrected chi connectivity index (χ0v) is 42.4. The topological polar surface area (TPSA) is 75.1 Å². The number of aromatic nitrogens is 1. The minimum absolute atomic E-state index is 0.0185. The third-order valence-electron chi connectivity index (χ3n) is 13.5. The van der Waals surface area contributed by atoms with E-state index in [1.807, 2.05) is 65.6 Å². The van der Waals surface area contributed by atoms with E-state index < -0.39 is 0 Å². The van der Waals surface area contributed by atoms with Gasteiger partial charge in [-0.1, -0.05) is 182 Å². The molecule has 2 saturated heterocycles. The van der Waals surface area contributed by atoms with Crippen molar-refractivity contribution in [1.29, 1.82) is 0 Å². The molecule has 1 amide bonds. The van der Waals surface area contributed by atoms with Gasteiger partial charge in [-0.05, 0) is 101 Å². The van der Waals surface area contributed by atoms with Gasteiger partial charge < -0.3 is 14.5 Å². The lowest BCUT2D eigenvalue weighted by Crippen LogP contribution is -2.36. The second kappa shape index (κ2) is 20.6. The normalized spacial score (nSPS) is 19.4. The summed E-state index contributed by atoms with van der Waals surface area (Å²) in [5.74, 6) is -0.174. The molecule has 0 N–H and O–H groups in total. The van der Waals surface area contributed by atoms with Crippen molar-refractivity contribution in [2.75, 3.05) is 24.6 Å². The molecule has 71 heavy (non-hydrogen) atoms. The Morgan fingerprint density at radius 1 is 0.746 bits per heavy atom. The van der Waals surface area contributed by atoms with Crippen molar-refractivity contribution < 1.29 is 14.3 Å². The number of thioether (sulfide) groups is 2. The van der Waals surface area contributed by atoms with Gasteiger partial charge in [-0.15, -0.1) is 11.3 Å². The number of anilines is 2. The van der Waals surface area contributed by atoms with Gasteiger partial charge in [0.25, 0.3) is 11.5 Å². The Kier molecular flexibility index (Phi) is 13.5. The van der Waals surface area contributed by atoms with E-state index in [1.54, 1.807) is 16.4 Å². The van der Waals surface area contributed by atoms with E-state index in [0.29, 0.717) is 48.5 Å². The molecule has 0 bridgehead atoms. The van der Waals surface area contributed by atoms with Gasteiger partial charge in [-0.3, -0.25) is 23.9 Å². The zero-order chi connectivity index (χ0) is 48.4. The molecule has 1 aliphatic carbocycles. The average molecular weight is 1010 g/mol. The molecule has 7 aromatic rings. The Morgan fingerprint density at radius 2 is 1.38 bits per heavy atom. The molecule has 4 heterocycles. The van der Waals surface area contributed by atoms with Crippen molar-refractivity contribution in [3.05, 3.63) is 227 Å². The Hall–Kier alpha value is -6.70. The highest BCUT2D eigenvalue weighted by molar-refractivity contribution is 8.30. The first-order chi connectivity index (χ1) is 34.8. The van der Waals surface area contributed by atoms with Crippen molar-refractivity contribution in [3.63, 3.8) is 0 Å². The number of hydrogen-bond donors (Lipinski definition) is 0. The minimum atomic E-state index is -0.368. The summed E-state index contributed by atoms with van der Waals surface area (Å²) in [5, 5.41) is 0.674. The van der Waals surface area contributed by atoms with Crippen LogP contribution in [0.25, 0.3) is 27.7 Å². The van der Waals surface area contributed by atoms with Crippen LogP contribution in [-0.4, -0.2) is 56.3 Å². The predicted molar refractivity (Wildman–Crippen MR) is 296 cm³/mol. The molecule has 3 aliphatic heterocycles. The SMILES string of the molecule is CCOC(=O)CN1C/C(=C/c2ccc3c(c2)C2CCCC2N3c2ccc(C=C(c3ccccc3)c3ccccc3)cc2)S/C1=c1/s/c(=C2\SC(=S)N(Cc3ccccc3)C2=O)n(Cc2ccccc2)c1=O. The smallest absolute Gasteiger partial charge is 0.325 e. The Bertz CT molecular complexity index is 3370. The van der Waals surface area contributed by atoms with Crippen molar-refractivity contribution in [1.82, 2.24) is 14.4 Å². The fourth-order valence-corrected chi connectivity index (χ4v) is 14.1. The van der Waals surface area contributed by atoms with E-state index in [-0.39, 0.29) is 37.1 Å². The molecule has 0 spiro atoms. The van der Waals surface area contributed by atoms with Crippen molar-refractivity contribution in [2.24, 2.45) is 0 Å². The molecular formula is C59H50N4O4S4. The second-order valence-electron chi connectivity index (χ2n) is 18.0. The summed E-state index contributed by atoms with van der Waals surface area (Å²) in [6, 6.07) is 56.9. The van der Waals surface area contributed by atoms with E-state index in [1.165, 1.54) is 74.9 Å². The summed E-state index contributed by atoms with van der Waals surface area (Å²) in [4.78, 5) is 49.9. The number of benzene rings is 6. The number of hydrogen-bond acceptors (Lipinski definition) is 10. The standard InChI is InChI=1S/C59H50N4O4S4/c1-2-67-52(64)38-60-37-46(69-57(60)53-55(65)61(35-40-16-7-3-8-17-40)58(70-53)54-56(66)62(59(68)71-54)36-41-18-9-4-10-19-41)32-42-28-31-51-49(34-42)47-24-15-25-50(47)63(51)45-29-26-39(27-30-45)33-48(43-20-11-5-12-21-43)44-22-13-6-14-23-44/h3-14,16-23,26-34,47,50H,2,15,24-25,35-38H2,1H3/b46-32-,57-53+,58-54-. The monoisotopic (exact) mass is 1010 g/mol. The number of esters is 1. The van der Waals surface area contributed by atoms with E-state index in [9.17, 15) is 14.4 Å². The highest BCUT2D eigenvalue weighted by atomic mass is 32.2. The first-order valence-corrected chi connectivity index (χ1v) is 26.9. The number of carbonyl (C=O) groups excluding carboxylic acids is 2. The maximum Gasteiger partial charge on any atom is 0.325 e. The third-order valence-corrected chi connectivity index (χ3v) is 17.5. The molecule has 2 unspecified atom stereocenters. The maximum atomic E-state index is 14.9. The van der Waals surface area contributed by atoms with Crippen LogP contribution in [0.5, 0.6) is 0 Å². The summed E-state index contributed by atoms with van der Waals surface area (Å²) in [7, 11) is 0. The number of ether oxygens (including phenoxy) is 1. The fraction of sp³-hybridized carbons (Fsp3) is 0.186. The third kappa shape index (κ3) is 9.61. The van der Waals surface area contributed by atoms with Gasteiger partial charge in [0.2, 0.25) is 0 Å². The lowest BCUT2D eigenvalue weighted by Gasteiger charge is -2.27. The number of rotatable bonds is 12. The molecular weight excluding hydrogens is 957 g/mol. The largest absolute Gasteiger partial charge is 0.465 e. The number of thiocarbonyl (C=S) groups is 1. The molecule has 11 rings (SSSR count). The highest BCUT2D eigenvalue weighted by Gasteiger charge is 2.42. The summed E-state index contributed by atoms with van der Waals surface area (Å²) in [6.45, 7) is 3.06. The van der Waals surface area contributed by atoms with Crippen LogP contribution in [0.2, 0.25) is 0 Å². The molecule has 1 aromatic heterocycles. The quantitative estimate of drug-likeness (QED) is 0.0676. The van der Waals surface area contributed by atoms with E-state index >= 15 is 0 Å². The first-order valence-electron chi connectivity index (χ1n) is 24.0. The first kappa shape index (κ1) is 46.7. The van der Waals surface area contributed by atoms with Crippen LogP contribution in [0, 0.1) is 0 Å². The van der Waals surface area contributed by atoms with Gasteiger partial charge in [0.1, 0.15) is 25.0 Å². The van der Waals surface area contributed by atoms with Crippen molar-refractivity contribution in [3.8, 4) is 0 Å². The Balaban J connectivity index is 0.937. The van der Waals surface area contributed by atoms with Gasteiger partial charge in [0.05, 0.1) is 31.3 Å². The minimum Gasteiger partial charge on any atom is -0.465 e. The summed E-state index contributed by atoms with van der Waals surface area (Å²) in [5.41, 5.74) is 11.3. The van der Waals surface area contributed by atoms with Crippen molar-refractivity contribution >= 4 is 102 Å². The van der Waals surface area contributed by atoms with Crippen LogP contribution in [0.1, 0.15) is 71.0 Å². The van der Waals surface area contributed by atoms with Crippen LogP contribution in [-0.2, 0) is 27.4 Å². The van der Waals surface area contributed by atoms with Gasteiger partial charge in [-0.25, -0.2) is 0 Å².